The maximum atomic E-state index is 12.1. The van der Waals surface area contributed by atoms with Gasteiger partial charge in [-0.25, -0.2) is 0 Å². The molecule has 1 amide bonds. The summed E-state index contributed by atoms with van der Waals surface area (Å²) >= 11 is 0. The number of carboxylic acids is 1. The molecule has 1 unspecified atom stereocenters. The van der Waals surface area contributed by atoms with Crippen LogP contribution < -0.4 is 0 Å². The van der Waals surface area contributed by atoms with E-state index in [0.29, 0.717) is 12.5 Å². The minimum absolute atomic E-state index is 0.0528. The average Bonchev–Trinajstić information content (AvgIpc) is 2.57. The summed E-state index contributed by atoms with van der Waals surface area (Å²) in [5.41, 5.74) is 0. The maximum absolute atomic E-state index is 12.1. The van der Waals surface area contributed by atoms with Crippen LogP contribution in [0.1, 0.15) is 57.8 Å². The van der Waals surface area contributed by atoms with E-state index in [9.17, 15) is 9.59 Å². The van der Waals surface area contributed by atoms with Crippen LogP contribution in [0.2, 0.25) is 0 Å². The third-order valence-electron chi connectivity index (χ3n) is 4.29. The lowest BCUT2D eigenvalue weighted by molar-refractivity contribution is -0.141. The van der Waals surface area contributed by atoms with Crippen molar-refractivity contribution < 1.29 is 14.7 Å². The molecule has 2 aliphatic rings. The highest BCUT2D eigenvalue weighted by Gasteiger charge is 2.31. The van der Waals surface area contributed by atoms with Crippen molar-refractivity contribution in [2.24, 2.45) is 5.92 Å². The Morgan fingerprint density at radius 3 is 2.39 bits per heavy atom. The molecule has 0 aromatic heterocycles. The van der Waals surface area contributed by atoms with Crippen molar-refractivity contribution in [1.82, 2.24) is 4.90 Å². The predicted octanol–water partition coefficient (Wildman–Crippen LogP) is 2.42. The topological polar surface area (TPSA) is 57.6 Å². The van der Waals surface area contributed by atoms with Crippen LogP contribution in [0.3, 0.4) is 0 Å². The highest BCUT2D eigenvalue weighted by Crippen LogP contribution is 2.28. The summed E-state index contributed by atoms with van der Waals surface area (Å²) < 4.78 is 0. The summed E-state index contributed by atoms with van der Waals surface area (Å²) in [7, 11) is 0. The lowest BCUT2D eigenvalue weighted by atomic mass is 9.91. The van der Waals surface area contributed by atoms with Crippen LogP contribution in [0.25, 0.3) is 0 Å². The number of amides is 1. The minimum Gasteiger partial charge on any atom is -0.481 e. The predicted molar refractivity (Wildman–Crippen MR) is 68.2 cm³/mol. The van der Waals surface area contributed by atoms with Crippen molar-refractivity contribution in [3.8, 4) is 0 Å². The molecule has 4 nitrogen and oxygen atoms in total. The first-order valence-corrected chi connectivity index (χ1v) is 7.18. The van der Waals surface area contributed by atoms with E-state index in [0.717, 1.165) is 25.8 Å². The molecule has 0 radical (unpaired) electrons. The van der Waals surface area contributed by atoms with E-state index < -0.39 is 5.97 Å². The first kappa shape index (κ1) is 13.4. The van der Waals surface area contributed by atoms with Gasteiger partial charge < -0.3 is 10.0 Å². The number of carbonyl (C=O) groups is 2. The van der Waals surface area contributed by atoms with Crippen molar-refractivity contribution in [3.05, 3.63) is 0 Å². The van der Waals surface area contributed by atoms with Crippen LogP contribution in [-0.2, 0) is 9.59 Å². The number of nitrogens with zero attached hydrogens (tertiary/aromatic N) is 1. The molecule has 0 aromatic rings. The molecular formula is C14H23NO3. The number of piperidine rings is 1. The Bertz CT molecular complexity index is 308. The minimum atomic E-state index is -0.782. The Morgan fingerprint density at radius 2 is 1.83 bits per heavy atom. The molecule has 1 N–H and O–H groups in total. The summed E-state index contributed by atoms with van der Waals surface area (Å²) in [6.45, 7) is 0.765. The molecule has 0 spiro atoms. The van der Waals surface area contributed by atoms with Gasteiger partial charge in [0.2, 0.25) is 5.91 Å². The number of hydrogen-bond acceptors (Lipinski definition) is 2. The number of likely N-dealkylation sites (tertiary alicyclic amines) is 1. The second-order valence-corrected chi connectivity index (χ2v) is 5.69. The first-order valence-electron chi connectivity index (χ1n) is 7.18. The van der Waals surface area contributed by atoms with Gasteiger partial charge >= 0.3 is 5.97 Å². The highest BCUT2D eigenvalue weighted by atomic mass is 16.4. The number of carboxylic acid groups (broad SMARTS) is 1. The maximum Gasteiger partial charge on any atom is 0.303 e. The molecule has 0 bridgehead atoms. The fourth-order valence-electron chi connectivity index (χ4n) is 3.29. The Hall–Kier alpha value is -1.06. The molecule has 1 aliphatic heterocycles. The zero-order valence-corrected chi connectivity index (χ0v) is 10.9. The molecule has 1 saturated heterocycles. The van der Waals surface area contributed by atoms with E-state index in [4.69, 9.17) is 5.11 Å². The standard InChI is InChI=1S/C14H23NO3/c16-13-9-11(10-14(17)18)7-8-15(13)12-5-3-1-2-4-6-12/h11-12H,1-10H2,(H,17,18). The molecular weight excluding hydrogens is 230 g/mol. The van der Waals surface area contributed by atoms with E-state index in [-0.39, 0.29) is 18.2 Å². The van der Waals surface area contributed by atoms with Crippen LogP contribution in [0.4, 0.5) is 0 Å². The fraction of sp³-hybridized carbons (Fsp3) is 0.857. The normalized spacial score (nSPS) is 27.0. The second kappa shape index (κ2) is 6.21. The van der Waals surface area contributed by atoms with Gasteiger partial charge in [-0.2, -0.15) is 0 Å². The van der Waals surface area contributed by atoms with Crippen molar-refractivity contribution in [2.45, 2.75) is 63.8 Å². The third kappa shape index (κ3) is 3.47. The molecule has 4 heteroatoms. The monoisotopic (exact) mass is 253 g/mol. The van der Waals surface area contributed by atoms with E-state index in [1.54, 1.807) is 0 Å². The second-order valence-electron chi connectivity index (χ2n) is 5.69. The zero-order valence-electron chi connectivity index (χ0n) is 10.9. The largest absolute Gasteiger partial charge is 0.481 e. The van der Waals surface area contributed by atoms with Crippen molar-refractivity contribution >= 4 is 11.9 Å². The van der Waals surface area contributed by atoms with Gasteiger partial charge in [-0.1, -0.05) is 25.7 Å². The number of rotatable bonds is 3. The molecule has 102 valence electrons. The van der Waals surface area contributed by atoms with Gasteiger partial charge in [0.1, 0.15) is 0 Å². The summed E-state index contributed by atoms with van der Waals surface area (Å²) in [6.07, 6.45) is 8.74. The van der Waals surface area contributed by atoms with Crippen LogP contribution in [0, 0.1) is 5.92 Å². The molecule has 1 aliphatic carbocycles. The lowest BCUT2D eigenvalue weighted by Gasteiger charge is -2.37. The van der Waals surface area contributed by atoms with Crippen molar-refractivity contribution in [1.29, 1.82) is 0 Å². The SMILES string of the molecule is O=C(O)CC1CCN(C2CCCCCC2)C(=O)C1. The molecule has 2 fully saturated rings. The quantitative estimate of drug-likeness (QED) is 0.786. The lowest BCUT2D eigenvalue weighted by Crippen LogP contribution is -2.45. The summed E-state index contributed by atoms with van der Waals surface area (Å²) in [5.74, 6) is -0.549. The summed E-state index contributed by atoms with van der Waals surface area (Å²) in [6, 6.07) is 0.422. The fourth-order valence-corrected chi connectivity index (χ4v) is 3.29. The van der Waals surface area contributed by atoms with Crippen molar-refractivity contribution in [2.75, 3.05) is 6.54 Å². The van der Waals surface area contributed by atoms with E-state index in [2.05, 4.69) is 0 Å². The summed E-state index contributed by atoms with van der Waals surface area (Å²) in [5, 5.41) is 8.78. The molecule has 1 heterocycles. The van der Waals surface area contributed by atoms with E-state index in [1.807, 2.05) is 4.90 Å². The van der Waals surface area contributed by atoms with Crippen molar-refractivity contribution in [3.63, 3.8) is 0 Å². The van der Waals surface area contributed by atoms with Gasteiger partial charge in [0, 0.05) is 25.4 Å². The van der Waals surface area contributed by atoms with Gasteiger partial charge in [-0.3, -0.25) is 9.59 Å². The highest BCUT2D eigenvalue weighted by molar-refractivity contribution is 5.78. The van der Waals surface area contributed by atoms with Gasteiger partial charge in [-0.15, -0.1) is 0 Å². The first-order chi connectivity index (χ1) is 8.66. The van der Waals surface area contributed by atoms with Crippen LogP contribution in [0.15, 0.2) is 0 Å². The van der Waals surface area contributed by atoms with Gasteiger partial charge in [0.15, 0.2) is 0 Å². The average molecular weight is 253 g/mol. The number of hydrogen-bond donors (Lipinski definition) is 1. The zero-order chi connectivity index (χ0) is 13.0. The Morgan fingerprint density at radius 1 is 1.17 bits per heavy atom. The number of aliphatic carboxylic acids is 1. The molecule has 1 saturated carbocycles. The molecule has 2 rings (SSSR count). The van der Waals surface area contributed by atoms with Crippen LogP contribution in [0.5, 0.6) is 0 Å². The Kier molecular flexibility index (Phi) is 4.61. The molecule has 18 heavy (non-hydrogen) atoms. The van der Waals surface area contributed by atoms with Crippen LogP contribution in [-0.4, -0.2) is 34.5 Å². The Balaban J connectivity index is 1.88. The van der Waals surface area contributed by atoms with Gasteiger partial charge in [-0.05, 0) is 25.2 Å². The smallest absolute Gasteiger partial charge is 0.303 e. The van der Waals surface area contributed by atoms with Gasteiger partial charge in [0.05, 0.1) is 0 Å². The molecule has 0 aromatic carbocycles. The molecule has 1 atom stereocenters. The number of carbonyl (C=O) groups excluding carboxylic acids is 1. The Labute approximate surface area is 108 Å². The van der Waals surface area contributed by atoms with Crippen LogP contribution >= 0.6 is 0 Å². The third-order valence-corrected chi connectivity index (χ3v) is 4.29. The summed E-state index contributed by atoms with van der Waals surface area (Å²) in [4.78, 5) is 24.8. The van der Waals surface area contributed by atoms with Gasteiger partial charge in [0.25, 0.3) is 0 Å². The van der Waals surface area contributed by atoms with E-state index in [1.165, 1.54) is 25.7 Å². The van der Waals surface area contributed by atoms with E-state index >= 15 is 0 Å².